The van der Waals surface area contributed by atoms with Gasteiger partial charge in [0.1, 0.15) is 6.04 Å². The molecule has 1 saturated heterocycles. The monoisotopic (exact) mass is 283 g/mol. The van der Waals surface area contributed by atoms with Gasteiger partial charge in [-0.1, -0.05) is 0 Å². The first-order valence-corrected chi connectivity index (χ1v) is 6.31. The smallest absolute Gasteiger partial charge is 0.373 e. The Bertz CT molecular complexity index is 471. The summed E-state index contributed by atoms with van der Waals surface area (Å²) >= 11 is 0. The van der Waals surface area contributed by atoms with E-state index in [-0.39, 0.29) is 17.6 Å². The molecule has 0 spiro atoms. The Balaban J connectivity index is 2.22. The third-order valence-corrected chi connectivity index (χ3v) is 3.62. The number of methoxy groups -OCH3 is 2. The van der Waals surface area contributed by atoms with Crippen molar-refractivity contribution in [1.29, 1.82) is 0 Å². The quantitative estimate of drug-likeness (QED) is 0.673. The lowest BCUT2D eigenvalue weighted by Gasteiger charge is -2.32. The highest BCUT2D eigenvalue weighted by Gasteiger charge is 2.49. The van der Waals surface area contributed by atoms with Gasteiger partial charge in [0.15, 0.2) is 6.23 Å². The Hall–Kier alpha value is -2.05. The standard InChI is InChI=1S/C13H17NO6/c1-7(15)14-9(12(16)18-2)6-8-4-5-10(13(17)19-3)20-11(8)14/h5,8-9,11H,4,6H2,1-3H3/t8-,9-,11+/m1/s1. The molecule has 110 valence electrons. The summed E-state index contributed by atoms with van der Waals surface area (Å²) < 4.78 is 14.9. The van der Waals surface area contributed by atoms with Crippen LogP contribution in [0.5, 0.6) is 0 Å². The number of fused-ring (bicyclic) bond motifs is 1. The minimum atomic E-state index is -0.669. The fraction of sp³-hybridized carbons (Fsp3) is 0.615. The molecule has 2 aliphatic heterocycles. The van der Waals surface area contributed by atoms with E-state index in [1.54, 1.807) is 6.08 Å². The van der Waals surface area contributed by atoms with Crippen LogP contribution >= 0.6 is 0 Å². The van der Waals surface area contributed by atoms with E-state index < -0.39 is 24.2 Å². The summed E-state index contributed by atoms with van der Waals surface area (Å²) in [6.07, 6.45) is 2.01. The number of nitrogens with zero attached hydrogens (tertiary/aromatic N) is 1. The molecular weight excluding hydrogens is 266 g/mol. The molecule has 7 heteroatoms. The van der Waals surface area contributed by atoms with Crippen LogP contribution in [-0.2, 0) is 28.6 Å². The van der Waals surface area contributed by atoms with Gasteiger partial charge in [-0.3, -0.25) is 9.69 Å². The van der Waals surface area contributed by atoms with Gasteiger partial charge in [-0.25, -0.2) is 9.59 Å². The maximum atomic E-state index is 11.8. The molecule has 3 atom stereocenters. The Morgan fingerprint density at radius 1 is 1.30 bits per heavy atom. The average molecular weight is 283 g/mol. The Morgan fingerprint density at radius 3 is 2.55 bits per heavy atom. The summed E-state index contributed by atoms with van der Waals surface area (Å²) in [6.45, 7) is 1.36. The Kier molecular flexibility index (Phi) is 3.96. The van der Waals surface area contributed by atoms with Gasteiger partial charge >= 0.3 is 11.9 Å². The fourth-order valence-corrected chi connectivity index (χ4v) is 2.70. The van der Waals surface area contributed by atoms with Crippen molar-refractivity contribution in [3.05, 3.63) is 11.8 Å². The van der Waals surface area contributed by atoms with Crippen molar-refractivity contribution in [2.75, 3.05) is 14.2 Å². The van der Waals surface area contributed by atoms with E-state index in [0.29, 0.717) is 12.8 Å². The molecule has 0 saturated carbocycles. The first-order chi connectivity index (χ1) is 9.49. The summed E-state index contributed by atoms with van der Waals surface area (Å²) in [5.41, 5.74) is 0. The van der Waals surface area contributed by atoms with Gasteiger partial charge in [-0.15, -0.1) is 0 Å². The molecule has 0 N–H and O–H groups in total. The van der Waals surface area contributed by atoms with Crippen molar-refractivity contribution >= 4 is 17.8 Å². The SMILES string of the molecule is COC(=O)C1=CC[C@@H]2C[C@H](C(=O)OC)N(C(C)=O)[C@H]2O1. The van der Waals surface area contributed by atoms with Crippen molar-refractivity contribution < 1.29 is 28.6 Å². The summed E-state index contributed by atoms with van der Waals surface area (Å²) in [5, 5.41) is 0. The Labute approximate surface area is 116 Å². The van der Waals surface area contributed by atoms with Crippen molar-refractivity contribution in [2.24, 2.45) is 5.92 Å². The number of carbonyl (C=O) groups is 3. The van der Waals surface area contributed by atoms with Gasteiger partial charge < -0.3 is 14.2 Å². The lowest BCUT2D eigenvalue weighted by Crippen LogP contribution is -2.46. The van der Waals surface area contributed by atoms with E-state index in [4.69, 9.17) is 9.47 Å². The minimum Gasteiger partial charge on any atom is -0.467 e. The van der Waals surface area contributed by atoms with Gasteiger partial charge in [0, 0.05) is 12.8 Å². The molecule has 0 aliphatic carbocycles. The molecule has 1 fully saturated rings. The number of rotatable bonds is 2. The van der Waals surface area contributed by atoms with E-state index in [1.807, 2.05) is 0 Å². The number of hydrogen-bond acceptors (Lipinski definition) is 6. The van der Waals surface area contributed by atoms with Gasteiger partial charge in [0.05, 0.1) is 14.2 Å². The third kappa shape index (κ3) is 2.35. The first kappa shape index (κ1) is 14.4. The van der Waals surface area contributed by atoms with Gasteiger partial charge in [-0.05, 0) is 18.9 Å². The zero-order valence-corrected chi connectivity index (χ0v) is 11.6. The van der Waals surface area contributed by atoms with Crippen LogP contribution in [0, 0.1) is 5.92 Å². The second kappa shape index (κ2) is 5.52. The largest absolute Gasteiger partial charge is 0.467 e. The second-order valence-corrected chi connectivity index (χ2v) is 4.77. The van der Waals surface area contributed by atoms with E-state index in [9.17, 15) is 14.4 Å². The molecule has 0 aromatic heterocycles. The van der Waals surface area contributed by atoms with Crippen LogP contribution in [0.15, 0.2) is 11.8 Å². The number of amides is 1. The molecular formula is C13H17NO6. The van der Waals surface area contributed by atoms with Crippen LogP contribution in [0.4, 0.5) is 0 Å². The van der Waals surface area contributed by atoms with E-state index >= 15 is 0 Å². The number of ether oxygens (including phenoxy) is 3. The van der Waals surface area contributed by atoms with Gasteiger partial charge in [0.2, 0.25) is 11.7 Å². The van der Waals surface area contributed by atoms with Crippen molar-refractivity contribution in [3.8, 4) is 0 Å². The van der Waals surface area contributed by atoms with Crippen LogP contribution in [0.3, 0.4) is 0 Å². The van der Waals surface area contributed by atoms with Gasteiger partial charge in [-0.2, -0.15) is 0 Å². The average Bonchev–Trinajstić information content (AvgIpc) is 2.83. The zero-order valence-electron chi connectivity index (χ0n) is 11.6. The molecule has 0 radical (unpaired) electrons. The molecule has 0 bridgehead atoms. The molecule has 2 rings (SSSR count). The van der Waals surface area contributed by atoms with Crippen LogP contribution in [0.25, 0.3) is 0 Å². The van der Waals surface area contributed by atoms with Crippen LogP contribution in [0.1, 0.15) is 19.8 Å². The minimum absolute atomic E-state index is 0.0311. The summed E-state index contributed by atoms with van der Waals surface area (Å²) in [5.74, 6) is -1.31. The summed E-state index contributed by atoms with van der Waals surface area (Å²) in [7, 11) is 2.54. The highest BCUT2D eigenvalue weighted by Crippen LogP contribution is 2.38. The van der Waals surface area contributed by atoms with E-state index in [2.05, 4.69) is 4.74 Å². The maximum Gasteiger partial charge on any atom is 0.373 e. The molecule has 20 heavy (non-hydrogen) atoms. The van der Waals surface area contributed by atoms with Crippen LogP contribution in [0.2, 0.25) is 0 Å². The highest BCUT2D eigenvalue weighted by atomic mass is 16.6. The lowest BCUT2D eigenvalue weighted by atomic mass is 9.98. The number of allylic oxidation sites excluding steroid dienone is 1. The van der Waals surface area contributed by atoms with Crippen molar-refractivity contribution in [3.63, 3.8) is 0 Å². The molecule has 2 heterocycles. The molecule has 1 amide bonds. The Morgan fingerprint density at radius 2 is 2.00 bits per heavy atom. The number of carbonyl (C=O) groups excluding carboxylic acids is 3. The second-order valence-electron chi connectivity index (χ2n) is 4.77. The fourth-order valence-electron chi connectivity index (χ4n) is 2.70. The molecule has 0 aromatic carbocycles. The highest BCUT2D eigenvalue weighted by molar-refractivity contribution is 5.87. The van der Waals surface area contributed by atoms with E-state index in [1.165, 1.54) is 26.0 Å². The number of esters is 2. The predicted molar refractivity (Wildman–Crippen MR) is 66.0 cm³/mol. The molecule has 2 aliphatic rings. The van der Waals surface area contributed by atoms with Gasteiger partial charge in [0.25, 0.3) is 0 Å². The van der Waals surface area contributed by atoms with Crippen LogP contribution < -0.4 is 0 Å². The molecule has 7 nitrogen and oxygen atoms in total. The first-order valence-electron chi connectivity index (χ1n) is 6.31. The topological polar surface area (TPSA) is 82.1 Å². The predicted octanol–water partition coefficient (Wildman–Crippen LogP) is 0.200. The normalized spacial score (nSPS) is 28.1. The van der Waals surface area contributed by atoms with Crippen LogP contribution in [-0.4, -0.2) is 49.2 Å². The molecule has 0 unspecified atom stereocenters. The van der Waals surface area contributed by atoms with E-state index in [0.717, 1.165) is 0 Å². The summed E-state index contributed by atoms with van der Waals surface area (Å²) in [6, 6.07) is -0.669. The number of likely N-dealkylation sites (tertiary alicyclic amines) is 1. The van der Waals surface area contributed by atoms with Crippen molar-refractivity contribution in [1.82, 2.24) is 4.90 Å². The number of hydrogen-bond donors (Lipinski definition) is 0. The molecule has 0 aromatic rings. The third-order valence-electron chi connectivity index (χ3n) is 3.62. The summed E-state index contributed by atoms with van der Waals surface area (Å²) in [4.78, 5) is 36.4. The van der Waals surface area contributed by atoms with Crippen molar-refractivity contribution in [2.45, 2.75) is 32.0 Å². The maximum absolute atomic E-state index is 11.8. The zero-order chi connectivity index (χ0) is 14.9. The lowest BCUT2D eigenvalue weighted by molar-refractivity contribution is -0.160.